The van der Waals surface area contributed by atoms with E-state index in [2.05, 4.69) is 0 Å². The molecular formula is C27H30N2O5. The highest BCUT2D eigenvalue weighted by Crippen LogP contribution is 2.54. The molecule has 3 atom stereocenters. The second-order valence-electron chi connectivity index (χ2n) is 9.55. The number of nitrogens with zero attached hydrogens (tertiary/aromatic N) is 2. The Balaban J connectivity index is 1.62. The van der Waals surface area contributed by atoms with E-state index < -0.39 is 17.4 Å². The normalized spacial score (nSPS) is 25.6. The minimum absolute atomic E-state index is 0.127. The van der Waals surface area contributed by atoms with E-state index >= 15 is 0 Å². The Morgan fingerprint density at radius 2 is 1.79 bits per heavy atom. The van der Waals surface area contributed by atoms with Crippen LogP contribution in [0.25, 0.3) is 0 Å². The Hall–Kier alpha value is -3.35. The summed E-state index contributed by atoms with van der Waals surface area (Å²) in [7, 11) is 1.57. The average molecular weight is 463 g/mol. The topological polar surface area (TPSA) is 76.1 Å². The van der Waals surface area contributed by atoms with Crippen molar-refractivity contribution < 1.29 is 23.9 Å². The first-order valence-corrected chi connectivity index (χ1v) is 11.9. The summed E-state index contributed by atoms with van der Waals surface area (Å²) in [4.78, 5) is 44.5. The third kappa shape index (κ3) is 3.45. The van der Waals surface area contributed by atoms with Crippen LogP contribution in [0.3, 0.4) is 0 Å². The zero-order valence-electron chi connectivity index (χ0n) is 19.8. The van der Waals surface area contributed by atoms with Crippen LogP contribution < -0.4 is 9.64 Å². The van der Waals surface area contributed by atoms with Crippen LogP contribution in [0.5, 0.6) is 5.75 Å². The molecule has 0 spiro atoms. The monoisotopic (exact) mass is 462 g/mol. The van der Waals surface area contributed by atoms with Gasteiger partial charge in [0.2, 0.25) is 0 Å². The summed E-state index contributed by atoms with van der Waals surface area (Å²) in [5.41, 5.74) is 1.02. The number of likely N-dealkylation sites (tertiary alicyclic amines) is 1. The third-order valence-corrected chi connectivity index (χ3v) is 7.50. The van der Waals surface area contributed by atoms with Crippen LogP contribution in [-0.4, -0.2) is 55.0 Å². The maximum Gasteiger partial charge on any atom is 0.311 e. The highest BCUT2D eigenvalue weighted by Gasteiger charge is 2.64. The molecule has 178 valence electrons. The van der Waals surface area contributed by atoms with Gasteiger partial charge < -0.3 is 19.3 Å². The summed E-state index contributed by atoms with van der Waals surface area (Å²) >= 11 is 0. The van der Waals surface area contributed by atoms with E-state index in [1.165, 1.54) is 0 Å². The van der Waals surface area contributed by atoms with E-state index in [1.54, 1.807) is 43.2 Å². The second-order valence-corrected chi connectivity index (χ2v) is 9.55. The first-order valence-electron chi connectivity index (χ1n) is 11.9. The quantitative estimate of drug-likeness (QED) is 0.613. The van der Waals surface area contributed by atoms with Crippen LogP contribution >= 0.6 is 0 Å². The van der Waals surface area contributed by atoms with E-state index in [0.29, 0.717) is 23.8 Å². The number of benzene rings is 2. The molecule has 2 amide bonds. The number of fused-ring (bicyclic) bond motifs is 3. The van der Waals surface area contributed by atoms with Crippen molar-refractivity contribution in [3.05, 3.63) is 59.7 Å². The number of hydrogen-bond acceptors (Lipinski definition) is 5. The predicted octanol–water partition coefficient (Wildman–Crippen LogP) is 3.63. The van der Waals surface area contributed by atoms with E-state index in [4.69, 9.17) is 9.47 Å². The van der Waals surface area contributed by atoms with Crippen molar-refractivity contribution in [2.75, 3.05) is 31.7 Å². The summed E-state index contributed by atoms with van der Waals surface area (Å²) in [6, 6.07) is 14.6. The van der Waals surface area contributed by atoms with E-state index in [-0.39, 0.29) is 30.9 Å². The highest BCUT2D eigenvalue weighted by atomic mass is 16.5. The van der Waals surface area contributed by atoms with E-state index in [0.717, 1.165) is 24.1 Å². The molecule has 1 aliphatic carbocycles. The van der Waals surface area contributed by atoms with Gasteiger partial charge in [0.25, 0.3) is 11.8 Å². The van der Waals surface area contributed by atoms with Gasteiger partial charge in [-0.05, 0) is 68.5 Å². The number of esters is 1. The molecular weight excluding hydrogens is 432 g/mol. The minimum atomic E-state index is -1.20. The Bertz CT molecular complexity index is 1130. The van der Waals surface area contributed by atoms with Crippen molar-refractivity contribution in [2.45, 2.75) is 38.1 Å². The molecule has 2 aliphatic heterocycles. The van der Waals surface area contributed by atoms with Crippen LogP contribution in [0.2, 0.25) is 0 Å². The van der Waals surface area contributed by atoms with Gasteiger partial charge in [0, 0.05) is 30.3 Å². The van der Waals surface area contributed by atoms with Crippen molar-refractivity contribution in [3.8, 4) is 5.75 Å². The van der Waals surface area contributed by atoms with Crippen LogP contribution in [0.4, 0.5) is 5.69 Å². The lowest BCUT2D eigenvalue weighted by molar-refractivity contribution is -0.148. The molecule has 7 heteroatoms. The number of methoxy groups -OCH3 is 1. The van der Waals surface area contributed by atoms with Gasteiger partial charge in [-0.25, -0.2) is 0 Å². The number of carbonyl (C=O) groups excluding carboxylic acids is 3. The fourth-order valence-corrected chi connectivity index (χ4v) is 5.58. The van der Waals surface area contributed by atoms with E-state index in [1.807, 2.05) is 36.1 Å². The number of carbonyl (C=O) groups is 3. The summed E-state index contributed by atoms with van der Waals surface area (Å²) in [6.07, 6.45) is 2.21. The van der Waals surface area contributed by atoms with Gasteiger partial charge in [0.1, 0.15) is 11.3 Å². The highest BCUT2D eigenvalue weighted by molar-refractivity contribution is 6.09. The molecule has 1 saturated carbocycles. The van der Waals surface area contributed by atoms with Crippen molar-refractivity contribution in [2.24, 2.45) is 11.8 Å². The second kappa shape index (κ2) is 8.46. The largest absolute Gasteiger partial charge is 0.497 e. The zero-order chi connectivity index (χ0) is 24.0. The summed E-state index contributed by atoms with van der Waals surface area (Å²) < 4.78 is 10.6. The first kappa shape index (κ1) is 22.4. The Kier molecular flexibility index (Phi) is 5.58. The Morgan fingerprint density at radius 3 is 2.44 bits per heavy atom. The molecule has 2 aromatic carbocycles. The molecule has 7 nitrogen and oxygen atoms in total. The number of para-hydroxylation sites is 1. The Labute approximate surface area is 199 Å². The van der Waals surface area contributed by atoms with Crippen LogP contribution in [-0.2, 0) is 14.3 Å². The molecule has 1 saturated heterocycles. The van der Waals surface area contributed by atoms with Gasteiger partial charge in [-0.1, -0.05) is 18.2 Å². The lowest BCUT2D eigenvalue weighted by Gasteiger charge is -2.46. The number of hydrogen-bond donors (Lipinski definition) is 0. The number of anilines is 1. The third-order valence-electron chi connectivity index (χ3n) is 7.50. The molecule has 3 aliphatic rings. The summed E-state index contributed by atoms with van der Waals surface area (Å²) in [5.74, 6) is -0.761. The smallest absolute Gasteiger partial charge is 0.311 e. The van der Waals surface area contributed by atoms with Gasteiger partial charge in [-0.15, -0.1) is 0 Å². The maximum atomic E-state index is 14.2. The van der Waals surface area contributed by atoms with Crippen LogP contribution in [0.15, 0.2) is 48.5 Å². The van der Waals surface area contributed by atoms with Gasteiger partial charge in [-0.2, -0.15) is 0 Å². The number of ether oxygens (including phenoxy) is 2. The molecule has 0 N–H and O–H groups in total. The minimum Gasteiger partial charge on any atom is -0.497 e. The van der Waals surface area contributed by atoms with Gasteiger partial charge in [0.15, 0.2) is 0 Å². The fraction of sp³-hybridized carbons (Fsp3) is 0.444. The van der Waals surface area contributed by atoms with Crippen molar-refractivity contribution in [1.29, 1.82) is 0 Å². The fourth-order valence-electron chi connectivity index (χ4n) is 5.58. The average Bonchev–Trinajstić information content (AvgIpc) is 3.62. The van der Waals surface area contributed by atoms with Gasteiger partial charge >= 0.3 is 5.97 Å². The van der Waals surface area contributed by atoms with Crippen molar-refractivity contribution >= 4 is 23.5 Å². The molecule has 0 aromatic heterocycles. The standard InChI is InChI=1S/C27H30N2O5/c1-4-34-25(31)21-16-29(24(30)18-11-13-19(33-3)14-12-18)27(2)23(21)20-7-5-6-8-22(20)28(26(27)32)15-17-9-10-17/h5-8,11-14,17,21,23H,4,9-10,15-16H2,1-3H3/t21-,23+,27-/m0/s1. The summed E-state index contributed by atoms with van der Waals surface area (Å²) in [5, 5.41) is 0. The Morgan fingerprint density at radius 1 is 1.09 bits per heavy atom. The molecule has 5 rings (SSSR count). The van der Waals surface area contributed by atoms with Gasteiger partial charge in [0.05, 0.1) is 19.6 Å². The molecule has 2 fully saturated rings. The van der Waals surface area contributed by atoms with Crippen LogP contribution in [0, 0.1) is 11.8 Å². The lowest BCUT2D eigenvalue weighted by Crippen LogP contribution is -2.62. The molecule has 34 heavy (non-hydrogen) atoms. The lowest BCUT2D eigenvalue weighted by atomic mass is 9.72. The summed E-state index contributed by atoms with van der Waals surface area (Å²) in [6.45, 7) is 4.59. The zero-order valence-corrected chi connectivity index (χ0v) is 19.8. The maximum absolute atomic E-state index is 14.2. The van der Waals surface area contributed by atoms with Crippen LogP contribution in [0.1, 0.15) is 48.5 Å². The van der Waals surface area contributed by atoms with Crippen molar-refractivity contribution in [1.82, 2.24) is 4.90 Å². The van der Waals surface area contributed by atoms with E-state index in [9.17, 15) is 14.4 Å². The number of rotatable bonds is 6. The predicted molar refractivity (Wildman–Crippen MR) is 127 cm³/mol. The SMILES string of the molecule is CCOC(=O)[C@H]1CN(C(=O)c2ccc(OC)cc2)[C@]2(C)C(=O)N(CC3CC3)c3ccccc3[C@H]12. The molecule has 0 unspecified atom stereocenters. The number of amides is 2. The molecule has 0 bridgehead atoms. The van der Waals surface area contributed by atoms with Gasteiger partial charge in [-0.3, -0.25) is 14.4 Å². The molecule has 2 heterocycles. The first-order chi connectivity index (χ1) is 16.4. The molecule has 0 radical (unpaired) electrons. The molecule has 2 aromatic rings. The van der Waals surface area contributed by atoms with Crippen molar-refractivity contribution in [3.63, 3.8) is 0 Å².